The van der Waals surface area contributed by atoms with Crippen LogP contribution in [0.25, 0.3) is 0 Å². The Morgan fingerprint density at radius 1 is 1.12 bits per heavy atom. The average Bonchev–Trinajstić information content (AvgIpc) is 2.68. The molecule has 2 aliphatic heterocycles. The highest BCUT2D eigenvalue weighted by atomic mass is 16.6. The second-order valence-electron chi connectivity index (χ2n) is 6.49. The van der Waals surface area contributed by atoms with E-state index in [9.17, 15) is 9.59 Å². The lowest BCUT2D eigenvalue weighted by Gasteiger charge is -2.42. The monoisotopic (exact) mass is 346 g/mol. The smallest absolute Gasteiger partial charge is 0.409 e. The van der Waals surface area contributed by atoms with Gasteiger partial charge in [-0.15, -0.1) is 0 Å². The normalized spacial score (nSPS) is 19.7. The second kappa shape index (κ2) is 8.29. The van der Waals surface area contributed by atoms with Crippen LogP contribution in [-0.2, 0) is 4.74 Å². The Morgan fingerprint density at radius 2 is 1.84 bits per heavy atom. The number of rotatable bonds is 3. The molecule has 0 saturated carbocycles. The SMILES string of the molecule is CCOC(=O)N1CCC(N2CCN(C(=O)c3cccnc3)CC2)CC1. The van der Waals surface area contributed by atoms with E-state index in [0.29, 0.717) is 18.2 Å². The number of amides is 2. The number of carbonyl (C=O) groups is 2. The van der Waals surface area contributed by atoms with E-state index in [1.807, 2.05) is 17.9 Å². The Balaban J connectivity index is 1.45. The van der Waals surface area contributed by atoms with Crippen molar-refractivity contribution in [1.82, 2.24) is 19.7 Å². The molecule has 7 nitrogen and oxygen atoms in total. The molecule has 3 heterocycles. The van der Waals surface area contributed by atoms with Crippen molar-refractivity contribution in [2.75, 3.05) is 45.9 Å². The predicted molar refractivity (Wildman–Crippen MR) is 93.3 cm³/mol. The number of ether oxygens (including phenoxy) is 1. The molecule has 7 heteroatoms. The van der Waals surface area contributed by atoms with Gasteiger partial charge in [0, 0.05) is 57.7 Å². The van der Waals surface area contributed by atoms with Crippen LogP contribution in [0.3, 0.4) is 0 Å². The van der Waals surface area contributed by atoms with E-state index in [1.54, 1.807) is 23.4 Å². The summed E-state index contributed by atoms with van der Waals surface area (Å²) in [6.07, 6.45) is 5.04. The Morgan fingerprint density at radius 3 is 2.44 bits per heavy atom. The Labute approximate surface area is 148 Å². The van der Waals surface area contributed by atoms with E-state index in [2.05, 4.69) is 9.88 Å². The number of carbonyl (C=O) groups excluding carboxylic acids is 2. The van der Waals surface area contributed by atoms with E-state index < -0.39 is 0 Å². The van der Waals surface area contributed by atoms with Crippen molar-refractivity contribution in [1.29, 1.82) is 0 Å². The fraction of sp³-hybridized carbons (Fsp3) is 0.611. The highest BCUT2D eigenvalue weighted by molar-refractivity contribution is 5.93. The summed E-state index contributed by atoms with van der Waals surface area (Å²) in [5.74, 6) is 0.0601. The van der Waals surface area contributed by atoms with Crippen LogP contribution < -0.4 is 0 Å². The zero-order chi connectivity index (χ0) is 17.6. The molecule has 136 valence electrons. The Bertz CT molecular complexity index is 579. The maximum absolute atomic E-state index is 12.5. The number of piperazine rings is 1. The zero-order valence-electron chi connectivity index (χ0n) is 14.8. The lowest BCUT2D eigenvalue weighted by atomic mass is 10.0. The molecule has 0 N–H and O–H groups in total. The lowest BCUT2D eigenvalue weighted by Crippen LogP contribution is -2.54. The van der Waals surface area contributed by atoms with E-state index in [1.165, 1.54) is 0 Å². The lowest BCUT2D eigenvalue weighted by molar-refractivity contribution is 0.0417. The van der Waals surface area contributed by atoms with Crippen LogP contribution in [0.4, 0.5) is 4.79 Å². The molecular formula is C18H26N4O3. The number of hydrogen-bond acceptors (Lipinski definition) is 5. The van der Waals surface area contributed by atoms with Gasteiger partial charge >= 0.3 is 6.09 Å². The number of aromatic nitrogens is 1. The van der Waals surface area contributed by atoms with E-state index in [4.69, 9.17) is 4.74 Å². The van der Waals surface area contributed by atoms with Crippen LogP contribution in [0.1, 0.15) is 30.1 Å². The number of pyridine rings is 1. The second-order valence-corrected chi connectivity index (χ2v) is 6.49. The quantitative estimate of drug-likeness (QED) is 0.829. The molecule has 0 aromatic carbocycles. The molecule has 0 aliphatic carbocycles. The van der Waals surface area contributed by atoms with Gasteiger partial charge in [-0.25, -0.2) is 4.79 Å². The molecule has 0 unspecified atom stereocenters. The molecule has 3 rings (SSSR count). The van der Waals surface area contributed by atoms with Gasteiger partial charge in [-0.1, -0.05) is 0 Å². The van der Waals surface area contributed by atoms with Gasteiger partial charge in [0.25, 0.3) is 5.91 Å². The van der Waals surface area contributed by atoms with Crippen molar-refractivity contribution in [2.45, 2.75) is 25.8 Å². The summed E-state index contributed by atoms with van der Waals surface area (Å²) in [7, 11) is 0. The molecule has 2 fully saturated rings. The molecule has 2 aliphatic rings. The molecule has 2 saturated heterocycles. The van der Waals surface area contributed by atoms with Gasteiger partial charge in [0.15, 0.2) is 0 Å². The predicted octanol–water partition coefficient (Wildman–Crippen LogP) is 1.46. The molecule has 0 atom stereocenters. The Kier molecular flexibility index (Phi) is 5.86. The topological polar surface area (TPSA) is 66.0 Å². The first kappa shape index (κ1) is 17.7. The minimum Gasteiger partial charge on any atom is -0.450 e. The number of nitrogens with zero attached hydrogens (tertiary/aromatic N) is 4. The first-order valence-electron chi connectivity index (χ1n) is 9.04. The maximum Gasteiger partial charge on any atom is 0.409 e. The zero-order valence-corrected chi connectivity index (χ0v) is 14.8. The van der Waals surface area contributed by atoms with Crippen molar-refractivity contribution in [2.24, 2.45) is 0 Å². The molecular weight excluding hydrogens is 320 g/mol. The van der Waals surface area contributed by atoms with Crippen LogP contribution in [0.2, 0.25) is 0 Å². The number of hydrogen-bond donors (Lipinski definition) is 0. The minimum absolute atomic E-state index is 0.0601. The van der Waals surface area contributed by atoms with E-state index in [0.717, 1.165) is 52.1 Å². The summed E-state index contributed by atoms with van der Waals surface area (Å²) < 4.78 is 5.07. The van der Waals surface area contributed by atoms with Gasteiger partial charge in [-0.3, -0.25) is 14.7 Å². The highest BCUT2D eigenvalue weighted by Crippen LogP contribution is 2.19. The van der Waals surface area contributed by atoms with Crippen molar-refractivity contribution in [3.63, 3.8) is 0 Å². The van der Waals surface area contributed by atoms with Gasteiger partial charge in [-0.05, 0) is 31.9 Å². The summed E-state index contributed by atoms with van der Waals surface area (Å²) in [4.78, 5) is 34.4. The molecule has 2 amide bonds. The standard InChI is InChI=1S/C18H26N4O3/c1-2-25-18(24)22-8-5-16(6-9-22)20-10-12-21(13-11-20)17(23)15-4-3-7-19-14-15/h3-4,7,14,16H,2,5-6,8-13H2,1H3. The fourth-order valence-electron chi connectivity index (χ4n) is 3.59. The summed E-state index contributed by atoms with van der Waals surface area (Å²) in [6.45, 7) is 7.00. The van der Waals surface area contributed by atoms with Crippen LogP contribution in [-0.4, -0.2) is 83.6 Å². The van der Waals surface area contributed by atoms with Gasteiger partial charge in [0.1, 0.15) is 0 Å². The van der Waals surface area contributed by atoms with Crippen LogP contribution in [0, 0.1) is 0 Å². The van der Waals surface area contributed by atoms with Gasteiger partial charge in [0.05, 0.1) is 12.2 Å². The first-order chi connectivity index (χ1) is 12.2. The maximum atomic E-state index is 12.5. The average molecular weight is 346 g/mol. The third-order valence-corrected chi connectivity index (χ3v) is 5.02. The molecule has 0 spiro atoms. The van der Waals surface area contributed by atoms with Gasteiger partial charge in [0.2, 0.25) is 0 Å². The van der Waals surface area contributed by atoms with Crippen molar-refractivity contribution >= 4 is 12.0 Å². The third kappa shape index (κ3) is 4.28. The van der Waals surface area contributed by atoms with E-state index in [-0.39, 0.29) is 12.0 Å². The van der Waals surface area contributed by atoms with Crippen molar-refractivity contribution in [3.05, 3.63) is 30.1 Å². The third-order valence-electron chi connectivity index (χ3n) is 5.02. The summed E-state index contributed by atoms with van der Waals surface area (Å²) in [5.41, 5.74) is 0.652. The molecule has 25 heavy (non-hydrogen) atoms. The fourth-order valence-corrected chi connectivity index (χ4v) is 3.59. The van der Waals surface area contributed by atoms with Gasteiger partial charge in [-0.2, -0.15) is 0 Å². The van der Waals surface area contributed by atoms with Crippen molar-refractivity contribution in [3.8, 4) is 0 Å². The van der Waals surface area contributed by atoms with Crippen LogP contribution in [0.5, 0.6) is 0 Å². The first-order valence-corrected chi connectivity index (χ1v) is 9.04. The molecule has 0 bridgehead atoms. The van der Waals surface area contributed by atoms with Crippen LogP contribution >= 0.6 is 0 Å². The minimum atomic E-state index is -0.201. The molecule has 0 radical (unpaired) electrons. The molecule has 1 aromatic rings. The number of piperidine rings is 1. The van der Waals surface area contributed by atoms with Gasteiger partial charge < -0.3 is 14.5 Å². The van der Waals surface area contributed by atoms with Crippen LogP contribution in [0.15, 0.2) is 24.5 Å². The highest BCUT2D eigenvalue weighted by Gasteiger charge is 2.30. The summed E-state index contributed by atoms with van der Waals surface area (Å²) in [5, 5.41) is 0. The summed E-state index contributed by atoms with van der Waals surface area (Å²) in [6, 6.07) is 4.09. The number of likely N-dealkylation sites (tertiary alicyclic amines) is 1. The van der Waals surface area contributed by atoms with Crippen molar-refractivity contribution < 1.29 is 14.3 Å². The summed E-state index contributed by atoms with van der Waals surface area (Å²) >= 11 is 0. The molecule has 1 aromatic heterocycles. The van der Waals surface area contributed by atoms with E-state index >= 15 is 0 Å². The Hall–Kier alpha value is -2.15. The largest absolute Gasteiger partial charge is 0.450 e.